The lowest BCUT2D eigenvalue weighted by Gasteiger charge is -2.33. The zero-order valence-electron chi connectivity index (χ0n) is 21.3. The third kappa shape index (κ3) is 5.96. The zero-order valence-corrected chi connectivity index (χ0v) is 21.3. The van der Waals surface area contributed by atoms with Gasteiger partial charge in [-0.2, -0.15) is 0 Å². The number of hydrogen-bond donors (Lipinski definition) is 1. The number of halogens is 1. The number of nitrogens with zero attached hydrogens (tertiary/aromatic N) is 2. The van der Waals surface area contributed by atoms with Crippen LogP contribution in [0.25, 0.3) is 0 Å². The molecule has 3 aliphatic rings. The number of fused-ring (bicyclic) bond motifs is 1. The van der Waals surface area contributed by atoms with E-state index in [0.29, 0.717) is 19.1 Å². The fourth-order valence-electron chi connectivity index (χ4n) is 5.10. The van der Waals surface area contributed by atoms with Gasteiger partial charge < -0.3 is 19.9 Å². The van der Waals surface area contributed by atoms with E-state index in [4.69, 9.17) is 4.74 Å². The largest absolute Gasteiger partial charge is 0.493 e. The Morgan fingerprint density at radius 2 is 1.81 bits per heavy atom. The minimum absolute atomic E-state index is 0.0311. The molecule has 1 amide bonds. The van der Waals surface area contributed by atoms with Crippen LogP contribution in [0.3, 0.4) is 0 Å². The van der Waals surface area contributed by atoms with Crippen molar-refractivity contribution in [2.24, 2.45) is 5.92 Å². The molecule has 0 aliphatic carbocycles. The number of anilines is 1. The Bertz CT molecular complexity index is 1220. The first-order valence-electron chi connectivity index (χ1n) is 13.2. The lowest BCUT2D eigenvalue weighted by atomic mass is 9.97. The predicted molar refractivity (Wildman–Crippen MR) is 145 cm³/mol. The quantitative estimate of drug-likeness (QED) is 0.479. The molecule has 192 valence electrons. The summed E-state index contributed by atoms with van der Waals surface area (Å²) in [5.74, 6) is 0.943. The molecule has 37 heavy (non-hydrogen) atoms. The molecule has 1 saturated heterocycles. The topological polar surface area (TPSA) is 44.8 Å². The molecular weight excluding hydrogens is 465 g/mol. The summed E-state index contributed by atoms with van der Waals surface area (Å²) in [5, 5.41) is 3.13. The number of ether oxygens (including phenoxy) is 1. The van der Waals surface area contributed by atoms with E-state index in [0.717, 1.165) is 67.1 Å². The number of amides is 1. The van der Waals surface area contributed by atoms with Crippen molar-refractivity contribution in [2.75, 3.05) is 24.6 Å². The van der Waals surface area contributed by atoms with Crippen molar-refractivity contribution < 1.29 is 13.9 Å². The molecule has 0 radical (unpaired) electrons. The van der Waals surface area contributed by atoms with E-state index in [1.165, 1.54) is 17.8 Å². The first-order valence-corrected chi connectivity index (χ1v) is 13.2. The van der Waals surface area contributed by atoms with Gasteiger partial charge in [-0.3, -0.25) is 4.79 Å². The summed E-state index contributed by atoms with van der Waals surface area (Å²) in [5.41, 5.74) is 5.25. The average molecular weight is 500 g/mol. The van der Waals surface area contributed by atoms with Crippen LogP contribution in [0.5, 0.6) is 5.75 Å². The van der Waals surface area contributed by atoms with E-state index in [-0.39, 0.29) is 11.7 Å². The maximum atomic E-state index is 13.2. The molecule has 0 bridgehead atoms. The smallest absolute Gasteiger partial charge is 0.268 e. The number of benzene rings is 2. The van der Waals surface area contributed by atoms with Gasteiger partial charge in [0.05, 0.1) is 6.61 Å². The number of hydrogen-bond acceptors (Lipinski definition) is 4. The Kier molecular flexibility index (Phi) is 7.73. The van der Waals surface area contributed by atoms with Gasteiger partial charge in [0.2, 0.25) is 0 Å². The highest BCUT2D eigenvalue weighted by Crippen LogP contribution is 2.30. The summed E-state index contributed by atoms with van der Waals surface area (Å²) >= 11 is 0. The predicted octanol–water partition coefficient (Wildman–Crippen LogP) is 6.07. The molecule has 5 nitrogen and oxygen atoms in total. The number of nitrogens with one attached hydrogen (secondary N) is 1. The fraction of sp³-hybridized carbons (Fsp3) is 0.323. The second kappa shape index (κ2) is 11.5. The minimum atomic E-state index is -0.246. The molecule has 1 N–H and O–H groups in total. The van der Waals surface area contributed by atoms with Gasteiger partial charge in [0.15, 0.2) is 0 Å². The Balaban J connectivity index is 1.11. The molecule has 0 spiro atoms. The number of allylic oxidation sites excluding steroid dienone is 5. The minimum Gasteiger partial charge on any atom is -0.493 e. The molecule has 6 heteroatoms. The zero-order chi connectivity index (χ0) is 25.6. The van der Waals surface area contributed by atoms with Crippen molar-refractivity contribution in [3.8, 4) is 5.75 Å². The maximum Gasteiger partial charge on any atom is 0.268 e. The van der Waals surface area contributed by atoms with Gasteiger partial charge in [-0.15, -0.1) is 0 Å². The van der Waals surface area contributed by atoms with E-state index in [1.807, 2.05) is 29.3 Å². The van der Waals surface area contributed by atoms with Crippen molar-refractivity contribution in [3.63, 3.8) is 0 Å². The SMILES string of the molecule is CCC1=C(C(=O)NCc2ccc(N3CCC(COc4ccc(F)cc4)CC3)cc2)N2C=CC=CC2=CC1. The molecule has 0 saturated carbocycles. The van der Waals surface area contributed by atoms with Crippen LogP contribution in [0.4, 0.5) is 10.1 Å². The maximum absolute atomic E-state index is 13.2. The molecule has 0 atom stereocenters. The van der Waals surface area contributed by atoms with Crippen LogP contribution >= 0.6 is 0 Å². The average Bonchev–Trinajstić information content (AvgIpc) is 2.95. The summed E-state index contributed by atoms with van der Waals surface area (Å²) < 4.78 is 18.9. The van der Waals surface area contributed by atoms with Crippen LogP contribution in [0.1, 0.15) is 38.2 Å². The van der Waals surface area contributed by atoms with Crippen LogP contribution in [-0.4, -0.2) is 30.5 Å². The molecule has 0 aromatic heterocycles. The number of piperidine rings is 1. The summed E-state index contributed by atoms with van der Waals surface area (Å²) in [6.07, 6.45) is 13.9. The summed E-state index contributed by atoms with van der Waals surface area (Å²) in [7, 11) is 0. The van der Waals surface area contributed by atoms with Crippen molar-refractivity contribution in [1.82, 2.24) is 10.2 Å². The third-order valence-electron chi connectivity index (χ3n) is 7.34. The van der Waals surface area contributed by atoms with Crippen molar-refractivity contribution in [3.05, 3.63) is 107 Å². The van der Waals surface area contributed by atoms with Gasteiger partial charge >= 0.3 is 0 Å². The molecule has 0 unspecified atom stereocenters. The first-order chi connectivity index (χ1) is 18.1. The van der Waals surface area contributed by atoms with Gasteiger partial charge in [0.25, 0.3) is 5.91 Å². The molecule has 2 aromatic carbocycles. The standard InChI is InChI=1S/C31H34FN3O2/c1-2-25-8-13-28-5-3-4-18-35(28)30(25)31(36)33-21-23-6-11-27(12-7-23)34-19-16-24(17-20-34)22-37-29-14-9-26(32)10-15-29/h3-7,9-15,18,24H,2,8,16-17,19-22H2,1H3,(H,33,36). The lowest BCUT2D eigenvalue weighted by Crippen LogP contribution is -2.35. The molecule has 5 rings (SSSR count). The lowest BCUT2D eigenvalue weighted by molar-refractivity contribution is -0.118. The van der Waals surface area contributed by atoms with E-state index in [9.17, 15) is 9.18 Å². The van der Waals surface area contributed by atoms with Gasteiger partial charge in [-0.25, -0.2) is 4.39 Å². The second-order valence-electron chi connectivity index (χ2n) is 9.75. The van der Waals surface area contributed by atoms with Crippen molar-refractivity contribution in [2.45, 2.75) is 39.2 Å². The second-order valence-corrected chi connectivity index (χ2v) is 9.75. The first kappa shape index (κ1) is 24.9. The molecule has 3 aliphatic heterocycles. The fourth-order valence-corrected chi connectivity index (χ4v) is 5.10. The summed E-state index contributed by atoms with van der Waals surface area (Å²) in [6.45, 7) is 5.22. The van der Waals surface area contributed by atoms with Gasteiger partial charge in [0, 0.05) is 37.2 Å². The van der Waals surface area contributed by atoms with Crippen molar-refractivity contribution >= 4 is 11.6 Å². The number of rotatable bonds is 8. The normalized spacial score (nSPS) is 17.5. The van der Waals surface area contributed by atoms with E-state index < -0.39 is 0 Å². The van der Waals surface area contributed by atoms with E-state index in [2.05, 4.69) is 47.5 Å². The van der Waals surface area contributed by atoms with Crippen LogP contribution < -0.4 is 15.0 Å². The Labute approximate surface area is 218 Å². The Morgan fingerprint density at radius 3 is 2.54 bits per heavy atom. The Hall–Kier alpha value is -3.80. The highest BCUT2D eigenvalue weighted by molar-refractivity contribution is 5.94. The highest BCUT2D eigenvalue weighted by atomic mass is 19.1. The monoisotopic (exact) mass is 499 g/mol. The summed E-state index contributed by atoms with van der Waals surface area (Å²) in [6, 6.07) is 14.7. The van der Waals surface area contributed by atoms with Crippen LogP contribution in [0.15, 0.2) is 96.0 Å². The number of carbonyl (C=O) groups is 1. The molecule has 1 fully saturated rings. The van der Waals surface area contributed by atoms with Crippen molar-refractivity contribution in [1.29, 1.82) is 0 Å². The molecule has 2 aromatic rings. The highest BCUT2D eigenvalue weighted by Gasteiger charge is 2.25. The molecule has 3 heterocycles. The van der Waals surface area contributed by atoms with E-state index in [1.54, 1.807) is 12.1 Å². The van der Waals surface area contributed by atoms with Gasteiger partial charge in [-0.1, -0.05) is 31.2 Å². The number of carbonyl (C=O) groups excluding carboxylic acids is 1. The van der Waals surface area contributed by atoms with Crippen LogP contribution in [-0.2, 0) is 11.3 Å². The van der Waals surface area contributed by atoms with Gasteiger partial charge in [-0.05, 0) is 91.3 Å². The Morgan fingerprint density at radius 1 is 1.05 bits per heavy atom. The van der Waals surface area contributed by atoms with E-state index >= 15 is 0 Å². The van der Waals surface area contributed by atoms with Gasteiger partial charge in [0.1, 0.15) is 17.3 Å². The summed E-state index contributed by atoms with van der Waals surface area (Å²) in [4.78, 5) is 17.6. The van der Waals surface area contributed by atoms with Crippen LogP contribution in [0, 0.1) is 11.7 Å². The van der Waals surface area contributed by atoms with Crippen LogP contribution in [0.2, 0.25) is 0 Å². The molecular formula is C31H34FN3O2. The third-order valence-corrected chi connectivity index (χ3v) is 7.34.